The topological polar surface area (TPSA) is 30.7 Å². The van der Waals surface area contributed by atoms with Gasteiger partial charge in [-0.05, 0) is 25.7 Å². The second kappa shape index (κ2) is 4.38. The van der Waals surface area contributed by atoms with Crippen LogP contribution in [0.25, 0.3) is 0 Å². The summed E-state index contributed by atoms with van der Waals surface area (Å²) < 4.78 is 2.43. The molecule has 2 aliphatic carbocycles. The predicted molar refractivity (Wildman–Crippen MR) is 71.4 cm³/mol. The van der Waals surface area contributed by atoms with Gasteiger partial charge in [0.15, 0.2) is 0 Å². The van der Waals surface area contributed by atoms with Gasteiger partial charge >= 0.3 is 0 Å². The third kappa shape index (κ3) is 2.05. The van der Waals surface area contributed by atoms with Crippen LogP contribution in [0.4, 0.5) is 0 Å². The Morgan fingerprint density at radius 1 is 1.24 bits per heavy atom. The van der Waals surface area contributed by atoms with E-state index in [-0.39, 0.29) is 5.41 Å². The number of hydrogen-bond acceptors (Lipinski definition) is 2. The van der Waals surface area contributed by atoms with Gasteiger partial charge in [-0.1, -0.05) is 42.1 Å². The van der Waals surface area contributed by atoms with E-state index in [1.54, 1.807) is 0 Å². The van der Waals surface area contributed by atoms with E-state index in [0.717, 1.165) is 11.2 Å². The second-order valence-corrected chi connectivity index (χ2v) is 6.36. The molecule has 3 nitrogen and oxygen atoms in total. The lowest BCUT2D eigenvalue weighted by Crippen LogP contribution is -2.29. The van der Waals surface area contributed by atoms with Crippen molar-refractivity contribution in [2.24, 2.45) is 0 Å². The van der Waals surface area contributed by atoms with Crippen molar-refractivity contribution in [2.45, 2.75) is 68.7 Å². The minimum Gasteiger partial charge on any atom is -0.311 e. The molecule has 2 fully saturated rings. The molecule has 94 valence electrons. The Bertz CT molecular complexity index is 403. The summed E-state index contributed by atoms with van der Waals surface area (Å²) in [5.41, 5.74) is 0.272. The van der Waals surface area contributed by atoms with Crippen molar-refractivity contribution in [3.8, 4) is 0 Å². The fraction of sp³-hybridized carbons (Fsp3) is 0.846. The second-order valence-electron chi connectivity index (χ2n) is 5.80. The molecule has 1 aromatic rings. The number of nitrogens with zero attached hydrogens (tertiary/aromatic N) is 3. The van der Waals surface area contributed by atoms with Crippen LogP contribution in [0.2, 0.25) is 0 Å². The third-order valence-corrected chi connectivity index (χ3v) is 4.80. The molecule has 0 atom stereocenters. The van der Waals surface area contributed by atoms with Crippen LogP contribution in [-0.2, 0) is 10.7 Å². The largest absolute Gasteiger partial charge is 0.311 e. The Morgan fingerprint density at radius 2 is 1.94 bits per heavy atom. The zero-order chi connectivity index (χ0) is 11.9. The van der Waals surface area contributed by atoms with Crippen molar-refractivity contribution in [1.29, 1.82) is 0 Å². The fourth-order valence-electron chi connectivity index (χ4n) is 3.10. The van der Waals surface area contributed by atoms with Gasteiger partial charge in [0.2, 0.25) is 0 Å². The van der Waals surface area contributed by atoms with E-state index in [9.17, 15) is 0 Å². The Morgan fingerprint density at radius 3 is 2.53 bits per heavy atom. The van der Waals surface area contributed by atoms with Gasteiger partial charge in [-0.25, -0.2) is 0 Å². The van der Waals surface area contributed by atoms with Crippen LogP contribution in [0, 0.1) is 0 Å². The van der Waals surface area contributed by atoms with Gasteiger partial charge in [-0.2, -0.15) is 0 Å². The van der Waals surface area contributed by atoms with E-state index in [2.05, 4.69) is 37.6 Å². The highest BCUT2D eigenvalue weighted by molar-refractivity contribution is 9.08. The number of alkyl halides is 1. The molecule has 2 saturated carbocycles. The first kappa shape index (κ1) is 11.7. The summed E-state index contributed by atoms with van der Waals surface area (Å²) in [6, 6.07) is 0.686. The maximum Gasteiger partial charge on any atom is 0.143 e. The van der Waals surface area contributed by atoms with Gasteiger partial charge in [0, 0.05) is 11.5 Å². The van der Waals surface area contributed by atoms with Gasteiger partial charge in [-0.15, -0.1) is 10.2 Å². The smallest absolute Gasteiger partial charge is 0.143 e. The fourth-order valence-corrected chi connectivity index (χ4v) is 3.48. The molecule has 4 heteroatoms. The lowest BCUT2D eigenvalue weighted by atomic mass is 9.75. The van der Waals surface area contributed by atoms with Crippen LogP contribution in [0.3, 0.4) is 0 Å². The van der Waals surface area contributed by atoms with E-state index >= 15 is 0 Å². The van der Waals surface area contributed by atoms with Crippen LogP contribution in [-0.4, -0.2) is 14.8 Å². The predicted octanol–water partition coefficient (Wildman–Crippen LogP) is 3.73. The molecular weight excluding hydrogens is 278 g/mol. The molecule has 0 saturated heterocycles. The van der Waals surface area contributed by atoms with E-state index in [4.69, 9.17) is 0 Å². The zero-order valence-electron chi connectivity index (χ0n) is 10.5. The number of halogens is 1. The molecule has 1 aromatic heterocycles. The molecule has 2 aliphatic rings. The summed E-state index contributed by atoms with van der Waals surface area (Å²) in [5.74, 6) is 2.38. The van der Waals surface area contributed by atoms with Crippen molar-refractivity contribution in [3.05, 3.63) is 11.6 Å². The number of rotatable bonds is 3. The van der Waals surface area contributed by atoms with Crippen LogP contribution in [0.5, 0.6) is 0 Å². The number of aromatic nitrogens is 3. The lowest BCUT2D eigenvalue weighted by Gasteiger charge is -2.33. The number of hydrogen-bond donors (Lipinski definition) is 0. The molecule has 17 heavy (non-hydrogen) atoms. The van der Waals surface area contributed by atoms with Gasteiger partial charge in [0.25, 0.3) is 0 Å². The monoisotopic (exact) mass is 297 g/mol. The molecule has 0 radical (unpaired) electrons. The van der Waals surface area contributed by atoms with Gasteiger partial charge in [0.05, 0.1) is 5.33 Å². The van der Waals surface area contributed by atoms with E-state index in [0.29, 0.717) is 6.04 Å². The Hall–Kier alpha value is -0.380. The third-order valence-electron chi connectivity index (χ3n) is 4.29. The van der Waals surface area contributed by atoms with Gasteiger partial charge in [-0.3, -0.25) is 0 Å². The van der Waals surface area contributed by atoms with Crippen molar-refractivity contribution in [1.82, 2.24) is 14.8 Å². The van der Waals surface area contributed by atoms with Gasteiger partial charge in [0.1, 0.15) is 11.6 Å². The quantitative estimate of drug-likeness (QED) is 0.796. The highest BCUT2D eigenvalue weighted by Crippen LogP contribution is 2.43. The van der Waals surface area contributed by atoms with E-state index in [1.807, 2.05) is 0 Å². The van der Waals surface area contributed by atoms with Crippen molar-refractivity contribution >= 4 is 15.9 Å². The van der Waals surface area contributed by atoms with Crippen LogP contribution in [0.1, 0.15) is 69.6 Å². The molecule has 0 aliphatic heterocycles. The Kier molecular flexibility index (Phi) is 3.01. The lowest BCUT2D eigenvalue weighted by molar-refractivity contribution is 0.293. The Balaban J connectivity index is 1.98. The van der Waals surface area contributed by atoms with Crippen LogP contribution < -0.4 is 0 Å². The molecule has 1 heterocycles. The molecular formula is C13H20BrN3. The maximum atomic E-state index is 4.53. The first-order valence-electron chi connectivity index (χ1n) is 6.75. The van der Waals surface area contributed by atoms with Gasteiger partial charge < -0.3 is 4.57 Å². The minimum atomic E-state index is 0.272. The first-order chi connectivity index (χ1) is 8.24. The normalized spacial score (nSPS) is 23.9. The molecule has 0 spiro atoms. The van der Waals surface area contributed by atoms with E-state index in [1.165, 1.54) is 50.8 Å². The average molecular weight is 298 g/mol. The maximum absolute atomic E-state index is 4.53. The summed E-state index contributed by atoms with van der Waals surface area (Å²) in [5, 5.41) is 9.73. The minimum absolute atomic E-state index is 0.272. The standard InChI is InChI=1S/C13H20BrN3/c1-13(7-3-2-4-8-13)12-16-15-11(9-14)17(12)10-5-6-10/h10H,2-9H2,1H3. The van der Waals surface area contributed by atoms with Crippen LogP contribution >= 0.6 is 15.9 Å². The first-order valence-corrected chi connectivity index (χ1v) is 7.87. The zero-order valence-corrected chi connectivity index (χ0v) is 12.0. The average Bonchev–Trinajstić information content (AvgIpc) is 3.08. The highest BCUT2D eigenvalue weighted by Gasteiger charge is 2.38. The molecule has 0 bridgehead atoms. The summed E-state index contributed by atoms with van der Waals surface area (Å²) in [6.45, 7) is 2.38. The SMILES string of the molecule is CC1(c2nnc(CBr)n2C2CC2)CCCCC1. The molecule has 0 unspecified atom stereocenters. The summed E-state index contributed by atoms with van der Waals surface area (Å²) in [6.07, 6.45) is 9.25. The molecule has 0 amide bonds. The van der Waals surface area contributed by atoms with E-state index < -0.39 is 0 Å². The molecule has 0 N–H and O–H groups in total. The summed E-state index contributed by atoms with van der Waals surface area (Å²) in [7, 11) is 0. The van der Waals surface area contributed by atoms with Crippen molar-refractivity contribution in [2.75, 3.05) is 0 Å². The van der Waals surface area contributed by atoms with Crippen molar-refractivity contribution < 1.29 is 0 Å². The summed E-state index contributed by atoms with van der Waals surface area (Å²) >= 11 is 3.54. The van der Waals surface area contributed by atoms with Crippen molar-refractivity contribution in [3.63, 3.8) is 0 Å². The summed E-state index contributed by atoms with van der Waals surface area (Å²) in [4.78, 5) is 0. The molecule has 0 aromatic carbocycles. The van der Waals surface area contributed by atoms with Crippen LogP contribution in [0.15, 0.2) is 0 Å². The highest BCUT2D eigenvalue weighted by atomic mass is 79.9. The molecule has 3 rings (SSSR count). The Labute approximate surface area is 111 Å².